The minimum absolute atomic E-state index is 0.0943. The average molecular weight is 367 g/mol. The minimum atomic E-state index is -0.768. The fourth-order valence-corrected chi connectivity index (χ4v) is 3.21. The van der Waals surface area contributed by atoms with Crippen molar-refractivity contribution < 1.29 is 29.9 Å². The summed E-state index contributed by atoms with van der Waals surface area (Å²) in [5.74, 6) is -0.359. The van der Waals surface area contributed by atoms with Crippen molar-refractivity contribution in [3.05, 3.63) is 47.0 Å². The summed E-state index contributed by atoms with van der Waals surface area (Å²) in [6, 6.07) is 10.3. The predicted octanol–water partition coefficient (Wildman–Crippen LogP) is 2.06. The molecule has 2 aromatic rings. The molecule has 2 atom stereocenters. The Balaban J connectivity index is 1.98. The maximum atomic E-state index is 10.3. The molecule has 1 aliphatic rings. The lowest BCUT2D eigenvalue weighted by Gasteiger charge is -2.18. The number of aliphatic hydroxyl groups is 2. The highest BCUT2D eigenvalue weighted by molar-refractivity contribution is 6.33. The fraction of sp³-hybridized carbons (Fsp3) is 0.333. The molecule has 1 heterocycles. The number of rotatable bonds is 5. The number of hydrogen-bond acceptors (Lipinski definition) is 6. The maximum absolute atomic E-state index is 10.3. The first-order valence-electron chi connectivity index (χ1n) is 7.86. The third-order valence-electron chi connectivity index (χ3n) is 4.18. The maximum Gasteiger partial charge on any atom is 0.162 e. The second kappa shape index (κ2) is 7.59. The van der Waals surface area contributed by atoms with Gasteiger partial charge in [-0.15, -0.1) is 0 Å². The van der Waals surface area contributed by atoms with Crippen molar-refractivity contribution in [1.82, 2.24) is 0 Å². The van der Waals surface area contributed by atoms with Gasteiger partial charge in [-0.25, -0.2) is 0 Å². The van der Waals surface area contributed by atoms with Gasteiger partial charge in [-0.3, -0.25) is 0 Å². The van der Waals surface area contributed by atoms with E-state index in [1.165, 1.54) is 6.07 Å². The highest BCUT2D eigenvalue weighted by Crippen LogP contribution is 2.43. The summed E-state index contributed by atoms with van der Waals surface area (Å²) < 4.78 is 11.2. The second-order valence-corrected chi connectivity index (χ2v) is 6.17. The molecule has 1 aliphatic heterocycles. The molecule has 0 saturated carbocycles. The van der Waals surface area contributed by atoms with Gasteiger partial charge in [0.1, 0.15) is 23.7 Å². The van der Waals surface area contributed by atoms with Gasteiger partial charge in [0.2, 0.25) is 0 Å². The van der Waals surface area contributed by atoms with Crippen LogP contribution in [0.5, 0.6) is 11.5 Å². The summed E-state index contributed by atoms with van der Waals surface area (Å²) >= 11 is 6.27. The lowest BCUT2D eigenvalue weighted by molar-refractivity contribution is -0.0724. The van der Waals surface area contributed by atoms with Gasteiger partial charge in [-0.05, 0) is 11.1 Å². The number of phenolic OH excluding ortho intramolecular Hbond substituents is 2. The van der Waals surface area contributed by atoms with E-state index in [1.54, 1.807) is 0 Å². The van der Waals surface area contributed by atoms with Crippen LogP contribution in [0.15, 0.2) is 36.4 Å². The summed E-state index contributed by atoms with van der Waals surface area (Å²) in [6.45, 7) is -0.571. The van der Waals surface area contributed by atoms with E-state index in [1.807, 2.05) is 30.3 Å². The van der Waals surface area contributed by atoms with Crippen molar-refractivity contribution in [1.29, 1.82) is 0 Å². The molecular formula is C18H19ClO6. The lowest BCUT2D eigenvalue weighted by Crippen LogP contribution is -2.29. The molecular weight excluding hydrogens is 348 g/mol. The predicted molar refractivity (Wildman–Crippen MR) is 91.6 cm³/mol. The molecule has 1 fully saturated rings. The van der Waals surface area contributed by atoms with Gasteiger partial charge < -0.3 is 29.9 Å². The lowest BCUT2D eigenvalue weighted by atomic mass is 9.96. The monoisotopic (exact) mass is 366 g/mol. The summed E-state index contributed by atoms with van der Waals surface area (Å²) in [5.41, 5.74) is 1.67. The minimum Gasteiger partial charge on any atom is -0.507 e. The van der Waals surface area contributed by atoms with E-state index in [0.29, 0.717) is 11.1 Å². The highest BCUT2D eigenvalue weighted by Gasteiger charge is 2.36. The standard InChI is InChI=1S/C18H19ClO6/c19-18-11(6-16-24-14(8-20)15(9-21)25-16)17(12(22)7-13(18)23)10-4-2-1-3-5-10/h1-5,7,14-16,20-23H,6,8-9H2/t14-,15-/m1/s1. The summed E-state index contributed by atoms with van der Waals surface area (Å²) in [6.07, 6.45) is -1.91. The van der Waals surface area contributed by atoms with E-state index in [4.69, 9.17) is 21.1 Å². The Morgan fingerprint density at radius 3 is 2.08 bits per heavy atom. The Kier molecular flexibility index (Phi) is 5.46. The van der Waals surface area contributed by atoms with Gasteiger partial charge in [0.15, 0.2) is 6.29 Å². The van der Waals surface area contributed by atoms with Gasteiger partial charge in [0.25, 0.3) is 0 Å². The van der Waals surface area contributed by atoms with Crippen molar-refractivity contribution >= 4 is 11.6 Å². The zero-order valence-electron chi connectivity index (χ0n) is 13.3. The van der Waals surface area contributed by atoms with E-state index in [-0.39, 0.29) is 36.2 Å². The molecule has 6 nitrogen and oxygen atoms in total. The molecule has 2 aromatic carbocycles. The SMILES string of the molecule is OC[C@H]1OC(Cc2c(Cl)c(O)cc(O)c2-c2ccccc2)O[C@@H]1CO. The molecule has 0 spiro atoms. The van der Waals surface area contributed by atoms with Crippen molar-refractivity contribution in [2.24, 2.45) is 0 Å². The normalized spacial score (nSPS) is 20.9. The zero-order valence-corrected chi connectivity index (χ0v) is 14.1. The average Bonchev–Trinajstić information content (AvgIpc) is 3.02. The second-order valence-electron chi connectivity index (χ2n) is 5.80. The summed E-state index contributed by atoms with van der Waals surface area (Å²) in [5, 5.41) is 39.0. The number of aromatic hydroxyl groups is 2. The van der Waals surface area contributed by atoms with Gasteiger partial charge in [-0.1, -0.05) is 41.9 Å². The van der Waals surface area contributed by atoms with E-state index < -0.39 is 18.5 Å². The molecule has 7 heteroatoms. The van der Waals surface area contributed by atoms with E-state index in [2.05, 4.69) is 0 Å². The zero-order chi connectivity index (χ0) is 18.0. The molecule has 1 saturated heterocycles. The molecule has 0 bridgehead atoms. The molecule has 134 valence electrons. The molecule has 0 radical (unpaired) electrons. The van der Waals surface area contributed by atoms with E-state index in [9.17, 15) is 20.4 Å². The van der Waals surface area contributed by atoms with Crippen LogP contribution in [0, 0.1) is 0 Å². The van der Waals surface area contributed by atoms with Gasteiger partial charge in [-0.2, -0.15) is 0 Å². The summed E-state index contributed by atoms with van der Waals surface area (Å²) in [7, 11) is 0. The number of aliphatic hydroxyl groups excluding tert-OH is 2. The van der Waals surface area contributed by atoms with Gasteiger partial charge in [0, 0.05) is 18.1 Å². The Morgan fingerprint density at radius 2 is 1.52 bits per heavy atom. The number of ether oxygens (including phenoxy) is 2. The number of phenols is 2. The summed E-state index contributed by atoms with van der Waals surface area (Å²) in [4.78, 5) is 0. The number of halogens is 1. The first-order chi connectivity index (χ1) is 12.0. The Hall–Kier alpha value is -1.83. The van der Waals surface area contributed by atoms with Crippen molar-refractivity contribution in [2.75, 3.05) is 13.2 Å². The van der Waals surface area contributed by atoms with Gasteiger partial charge >= 0.3 is 0 Å². The van der Waals surface area contributed by atoms with Crippen LogP contribution in [0.1, 0.15) is 5.56 Å². The number of benzene rings is 2. The third-order valence-corrected chi connectivity index (χ3v) is 4.60. The molecule has 3 rings (SSSR count). The van der Waals surface area contributed by atoms with Crippen LogP contribution >= 0.6 is 11.6 Å². The molecule has 0 amide bonds. The fourth-order valence-electron chi connectivity index (χ4n) is 2.98. The molecule has 4 N–H and O–H groups in total. The molecule has 25 heavy (non-hydrogen) atoms. The van der Waals surface area contributed by atoms with Crippen molar-refractivity contribution in [3.63, 3.8) is 0 Å². The quantitative estimate of drug-likeness (QED) is 0.646. The van der Waals surface area contributed by atoms with Crippen LogP contribution in [0.2, 0.25) is 5.02 Å². The van der Waals surface area contributed by atoms with Crippen LogP contribution in [-0.4, -0.2) is 52.1 Å². The molecule has 0 unspecified atom stereocenters. The first-order valence-corrected chi connectivity index (χ1v) is 8.24. The molecule has 0 aliphatic carbocycles. The van der Waals surface area contributed by atoms with Crippen LogP contribution in [-0.2, 0) is 15.9 Å². The third kappa shape index (κ3) is 3.58. The van der Waals surface area contributed by atoms with Crippen molar-refractivity contribution in [3.8, 4) is 22.6 Å². The highest BCUT2D eigenvalue weighted by atomic mass is 35.5. The van der Waals surface area contributed by atoms with E-state index >= 15 is 0 Å². The Labute approximate surface area is 149 Å². The van der Waals surface area contributed by atoms with Crippen LogP contribution < -0.4 is 0 Å². The van der Waals surface area contributed by atoms with Gasteiger partial charge in [0.05, 0.1) is 18.2 Å². The number of hydrogen-bond donors (Lipinski definition) is 4. The smallest absolute Gasteiger partial charge is 0.162 e. The topological polar surface area (TPSA) is 99.4 Å². The van der Waals surface area contributed by atoms with Crippen molar-refractivity contribution in [2.45, 2.75) is 24.9 Å². The Bertz CT molecular complexity index is 724. The molecule has 0 aromatic heterocycles. The Morgan fingerprint density at radius 1 is 0.920 bits per heavy atom. The first kappa shape index (κ1) is 18.0. The van der Waals surface area contributed by atoms with Crippen LogP contribution in [0.3, 0.4) is 0 Å². The van der Waals surface area contributed by atoms with E-state index in [0.717, 1.165) is 5.56 Å². The van der Waals surface area contributed by atoms with Crippen LogP contribution in [0.25, 0.3) is 11.1 Å². The van der Waals surface area contributed by atoms with Crippen LogP contribution in [0.4, 0.5) is 0 Å². The largest absolute Gasteiger partial charge is 0.507 e.